The fourth-order valence-corrected chi connectivity index (χ4v) is 1.94. The van der Waals surface area contributed by atoms with Crippen molar-refractivity contribution in [2.45, 2.75) is 32.9 Å². The Bertz CT molecular complexity index is 366. The monoisotopic (exact) mass is 253 g/mol. The average Bonchev–Trinajstić information content (AvgIpc) is 2.30. The highest BCUT2D eigenvalue weighted by atomic mass is 16.5. The van der Waals surface area contributed by atoms with Gasteiger partial charge in [0.1, 0.15) is 11.5 Å². The van der Waals surface area contributed by atoms with Crippen molar-refractivity contribution in [3.05, 3.63) is 23.8 Å². The lowest BCUT2D eigenvalue weighted by Crippen LogP contribution is -2.23. The highest BCUT2D eigenvalue weighted by Crippen LogP contribution is 2.23. The minimum atomic E-state index is -0.267. The number of methoxy groups -OCH3 is 1. The molecule has 0 saturated carbocycles. The molecular weight excluding hydrogens is 230 g/mol. The number of aromatic hydroxyl groups is 1. The third kappa shape index (κ3) is 4.94. The molecule has 0 aliphatic carbocycles. The van der Waals surface area contributed by atoms with Gasteiger partial charge in [0, 0.05) is 18.2 Å². The van der Waals surface area contributed by atoms with Gasteiger partial charge in [-0.25, -0.2) is 0 Å². The van der Waals surface area contributed by atoms with Crippen molar-refractivity contribution >= 4 is 0 Å². The lowest BCUT2D eigenvalue weighted by Gasteiger charge is -2.14. The van der Waals surface area contributed by atoms with Gasteiger partial charge in [-0.15, -0.1) is 0 Å². The van der Waals surface area contributed by atoms with Gasteiger partial charge in [0.2, 0.25) is 0 Å². The molecule has 2 atom stereocenters. The van der Waals surface area contributed by atoms with Gasteiger partial charge >= 0.3 is 0 Å². The van der Waals surface area contributed by atoms with Gasteiger partial charge in [-0.1, -0.05) is 13.0 Å². The number of hydrogen-bond acceptors (Lipinski definition) is 4. The number of ether oxygens (including phenoxy) is 1. The van der Waals surface area contributed by atoms with Crippen LogP contribution in [-0.4, -0.2) is 30.0 Å². The molecular formula is C14H23NO3. The molecule has 0 aromatic heterocycles. The minimum Gasteiger partial charge on any atom is -0.507 e. The predicted octanol–water partition coefficient (Wildman–Crippen LogP) is 1.90. The van der Waals surface area contributed by atoms with E-state index in [2.05, 4.69) is 12.2 Å². The third-order valence-electron chi connectivity index (χ3n) is 2.84. The highest BCUT2D eigenvalue weighted by Gasteiger charge is 2.07. The SMILES string of the molecule is COc1ccc(CNCC(C)CC(C)O)c(O)c1. The lowest BCUT2D eigenvalue weighted by molar-refractivity contribution is 0.163. The van der Waals surface area contributed by atoms with Gasteiger partial charge in [0.15, 0.2) is 0 Å². The van der Waals surface area contributed by atoms with Crippen LogP contribution >= 0.6 is 0 Å². The summed E-state index contributed by atoms with van der Waals surface area (Å²) >= 11 is 0. The molecule has 1 aromatic rings. The Balaban J connectivity index is 2.39. The molecule has 4 heteroatoms. The van der Waals surface area contributed by atoms with Crippen LogP contribution in [0.1, 0.15) is 25.8 Å². The van der Waals surface area contributed by atoms with E-state index in [1.807, 2.05) is 12.1 Å². The number of phenolic OH excluding ortho intramolecular Hbond substituents is 1. The first kappa shape index (κ1) is 14.8. The summed E-state index contributed by atoms with van der Waals surface area (Å²) in [4.78, 5) is 0. The minimum absolute atomic E-state index is 0.241. The van der Waals surface area contributed by atoms with Gasteiger partial charge in [-0.2, -0.15) is 0 Å². The van der Waals surface area contributed by atoms with Crippen LogP contribution in [0.5, 0.6) is 11.5 Å². The van der Waals surface area contributed by atoms with Gasteiger partial charge in [-0.3, -0.25) is 0 Å². The summed E-state index contributed by atoms with van der Waals surface area (Å²) in [6, 6.07) is 5.28. The summed E-state index contributed by atoms with van der Waals surface area (Å²) in [5, 5.41) is 22.3. The number of aliphatic hydroxyl groups excluding tert-OH is 1. The molecule has 0 heterocycles. The molecule has 0 amide bonds. The smallest absolute Gasteiger partial charge is 0.123 e. The summed E-state index contributed by atoms with van der Waals surface area (Å²) in [7, 11) is 1.57. The molecule has 1 rings (SSSR count). The number of nitrogens with one attached hydrogen (secondary N) is 1. The Morgan fingerprint density at radius 2 is 2.06 bits per heavy atom. The second kappa shape index (κ2) is 7.24. The van der Waals surface area contributed by atoms with Crippen LogP contribution in [0, 0.1) is 5.92 Å². The van der Waals surface area contributed by atoms with Crippen LogP contribution in [0.3, 0.4) is 0 Å². The highest BCUT2D eigenvalue weighted by molar-refractivity contribution is 5.39. The van der Waals surface area contributed by atoms with E-state index in [-0.39, 0.29) is 11.9 Å². The second-order valence-electron chi connectivity index (χ2n) is 4.82. The van der Waals surface area contributed by atoms with Crippen LogP contribution in [-0.2, 0) is 6.54 Å². The fraction of sp³-hybridized carbons (Fsp3) is 0.571. The largest absolute Gasteiger partial charge is 0.507 e. The van der Waals surface area contributed by atoms with Crippen LogP contribution < -0.4 is 10.1 Å². The zero-order valence-corrected chi connectivity index (χ0v) is 11.3. The van der Waals surface area contributed by atoms with Crippen molar-refractivity contribution in [2.75, 3.05) is 13.7 Å². The topological polar surface area (TPSA) is 61.7 Å². The summed E-state index contributed by atoms with van der Waals surface area (Å²) in [6.45, 7) is 5.32. The molecule has 0 radical (unpaired) electrons. The normalized spacial score (nSPS) is 14.2. The molecule has 0 saturated heterocycles. The van der Waals surface area contributed by atoms with Crippen LogP contribution in [0.25, 0.3) is 0 Å². The molecule has 0 bridgehead atoms. The third-order valence-corrected chi connectivity index (χ3v) is 2.84. The molecule has 2 unspecified atom stereocenters. The zero-order chi connectivity index (χ0) is 13.5. The summed E-state index contributed by atoms with van der Waals surface area (Å²) < 4.78 is 5.03. The number of rotatable bonds is 7. The quantitative estimate of drug-likeness (QED) is 0.694. The Labute approximate surface area is 109 Å². The maximum atomic E-state index is 9.77. The number of phenols is 1. The summed E-state index contributed by atoms with van der Waals surface area (Å²) in [5.41, 5.74) is 0.847. The Morgan fingerprint density at radius 1 is 1.33 bits per heavy atom. The number of hydrogen-bond donors (Lipinski definition) is 3. The van der Waals surface area contributed by atoms with Gasteiger partial charge in [0.05, 0.1) is 13.2 Å². The van der Waals surface area contributed by atoms with Crippen LogP contribution in [0.4, 0.5) is 0 Å². The van der Waals surface area contributed by atoms with E-state index in [1.165, 1.54) is 0 Å². The Kier molecular flexibility index (Phi) is 5.95. The van der Waals surface area contributed by atoms with Gasteiger partial charge < -0.3 is 20.3 Å². The van der Waals surface area contributed by atoms with Crippen molar-refractivity contribution in [1.29, 1.82) is 0 Å². The predicted molar refractivity (Wildman–Crippen MR) is 71.8 cm³/mol. The first-order valence-electron chi connectivity index (χ1n) is 6.27. The van der Waals surface area contributed by atoms with Crippen molar-refractivity contribution in [1.82, 2.24) is 5.32 Å². The fourth-order valence-electron chi connectivity index (χ4n) is 1.94. The molecule has 0 aliphatic heterocycles. The molecule has 0 aliphatic rings. The maximum Gasteiger partial charge on any atom is 0.123 e. The van der Waals surface area contributed by atoms with Crippen molar-refractivity contribution in [3.63, 3.8) is 0 Å². The van der Waals surface area contributed by atoms with E-state index in [1.54, 1.807) is 20.1 Å². The van der Waals surface area contributed by atoms with Crippen LogP contribution in [0.2, 0.25) is 0 Å². The van der Waals surface area contributed by atoms with E-state index in [0.29, 0.717) is 18.2 Å². The van der Waals surface area contributed by atoms with Gasteiger partial charge in [0.25, 0.3) is 0 Å². The first-order chi connectivity index (χ1) is 8.52. The first-order valence-corrected chi connectivity index (χ1v) is 6.27. The molecule has 3 N–H and O–H groups in total. The number of benzene rings is 1. The number of aliphatic hydroxyl groups is 1. The van der Waals surface area contributed by atoms with E-state index in [0.717, 1.165) is 18.5 Å². The van der Waals surface area contributed by atoms with E-state index in [4.69, 9.17) is 4.74 Å². The van der Waals surface area contributed by atoms with Gasteiger partial charge in [-0.05, 0) is 31.9 Å². The molecule has 1 aromatic carbocycles. The van der Waals surface area contributed by atoms with Crippen molar-refractivity contribution in [3.8, 4) is 11.5 Å². The van der Waals surface area contributed by atoms with Crippen LogP contribution in [0.15, 0.2) is 18.2 Å². The molecule has 0 fully saturated rings. The standard InChI is InChI=1S/C14H23NO3/c1-10(6-11(2)16)8-15-9-12-4-5-13(18-3)7-14(12)17/h4-5,7,10-11,15-17H,6,8-9H2,1-3H3. The summed E-state index contributed by atoms with van der Waals surface area (Å²) in [6.07, 6.45) is 0.512. The van der Waals surface area contributed by atoms with Crippen molar-refractivity contribution in [2.24, 2.45) is 5.92 Å². The van der Waals surface area contributed by atoms with Crippen molar-refractivity contribution < 1.29 is 14.9 Å². The summed E-state index contributed by atoms with van der Waals surface area (Å²) in [5.74, 6) is 1.30. The molecule has 4 nitrogen and oxygen atoms in total. The Hall–Kier alpha value is -1.26. The molecule has 102 valence electrons. The second-order valence-corrected chi connectivity index (χ2v) is 4.82. The molecule has 0 spiro atoms. The Morgan fingerprint density at radius 3 is 2.61 bits per heavy atom. The van der Waals surface area contributed by atoms with E-state index in [9.17, 15) is 10.2 Å². The zero-order valence-electron chi connectivity index (χ0n) is 11.3. The van der Waals surface area contributed by atoms with E-state index >= 15 is 0 Å². The maximum absolute atomic E-state index is 9.77. The lowest BCUT2D eigenvalue weighted by atomic mass is 10.0. The molecule has 18 heavy (non-hydrogen) atoms. The van der Waals surface area contributed by atoms with E-state index < -0.39 is 0 Å². The average molecular weight is 253 g/mol.